The molecule has 0 spiro atoms. The molecule has 0 saturated heterocycles. The van der Waals surface area contributed by atoms with E-state index in [0.717, 1.165) is 11.3 Å². The predicted molar refractivity (Wildman–Crippen MR) is 121 cm³/mol. The van der Waals surface area contributed by atoms with Crippen molar-refractivity contribution in [3.05, 3.63) is 54.1 Å². The molecule has 31 heavy (non-hydrogen) atoms. The highest BCUT2D eigenvalue weighted by Gasteiger charge is 2.28. The van der Waals surface area contributed by atoms with Gasteiger partial charge in [0.15, 0.2) is 0 Å². The maximum Gasteiger partial charge on any atom is 0.319 e. The quantitative estimate of drug-likeness (QED) is 0.654. The van der Waals surface area contributed by atoms with Crippen molar-refractivity contribution in [2.45, 2.75) is 31.6 Å². The molecule has 0 fully saturated rings. The number of anilines is 2. The Balaban J connectivity index is 1.58. The Hall–Kier alpha value is -2.91. The zero-order valence-corrected chi connectivity index (χ0v) is 18.6. The first-order chi connectivity index (χ1) is 14.9. The molecule has 1 aliphatic rings. The molecule has 166 valence electrons. The summed E-state index contributed by atoms with van der Waals surface area (Å²) < 4.78 is 26.9. The summed E-state index contributed by atoms with van der Waals surface area (Å²) >= 11 is 0. The molecular weight excluding hydrogens is 416 g/mol. The fraction of sp³-hybridized carbons (Fsp3) is 0.364. The van der Waals surface area contributed by atoms with Gasteiger partial charge >= 0.3 is 6.03 Å². The average Bonchev–Trinajstić information content (AvgIpc) is 3.18. The van der Waals surface area contributed by atoms with E-state index in [1.54, 1.807) is 35.2 Å². The van der Waals surface area contributed by atoms with Crippen LogP contribution in [0.1, 0.15) is 25.8 Å². The van der Waals surface area contributed by atoms with Crippen molar-refractivity contribution in [3.63, 3.8) is 0 Å². The maximum atomic E-state index is 12.7. The van der Waals surface area contributed by atoms with Gasteiger partial charge in [0.2, 0.25) is 15.9 Å². The highest BCUT2D eigenvalue weighted by Crippen LogP contribution is 2.31. The zero-order chi connectivity index (χ0) is 22.4. The van der Waals surface area contributed by atoms with Gasteiger partial charge in [0.1, 0.15) is 0 Å². The third-order valence-electron chi connectivity index (χ3n) is 5.25. The number of rotatable bonds is 8. The van der Waals surface area contributed by atoms with Crippen LogP contribution in [0.25, 0.3) is 0 Å². The number of carbonyl (C=O) groups excluding carboxylic acids is 2. The van der Waals surface area contributed by atoms with Crippen LogP contribution >= 0.6 is 0 Å². The van der Waals surface area contributed by atoms with E-state index in [-0.39, 0.29) is 29.8 Å². The van der Waals surface area contributed by atoms with Crippen molar-refractivity contribution < 1.29 is 18.0 Å². The summed E-state index contributed by atoms with van der Waals surface area (Å²) in [6.07, 6.45) is 0.756. The number of benzene rings is 2. The molecule has 2 aromatic rings. The molecule has 8 nitrogen and oxygen atoms in total. The Morgan fingerprint density at radius 3 is 2.45 bits per heavy atom. The second-order valence-electron chi connectivity index (χ2n) is 7.17. The van der Waals surface area contributed by atoms with Crippen LogP contribution in [0.15, 0.2) is 53.4 Å². The highest BCUT2D eigenvalue weighted by molar-refractivity contribution is 7.89. The lowest BCUT2D eigenvalue weighted by atomic mass is 10.2. The molecule has 0 aromatic heterocycles. The van der Waals surface area contributed by atoms with Crippen LogP contribution in [0.4, 0.5) is 16.2 Å². The Morgan fingerprint density at radius 2 is 1.77 bits per heavy atom. The molecule has 3 amide bonds. The lowest BCUT2D eigenvalue weighted by Crippen LogP contribution is -2.35. The molecule has 0 unspecified atom stereocenters. The van der Waals surface area contributed by atoms with Gasteiger partial charge in [-0.25, -0.2) is 13.2 Å². The monoisotopic (exact) mass is 444 g/mol. The molecule has 0 radical (unpaired) electrons. The van der Waals surface area contributed by atoms with Crippen LogP contribution in [0.3, 0.4) is 0 Å². The molecule has 0 bridgehead atoms. The van der Waals surface area contributed by atoms with Crippen LogP contribution in [0, 0.1) is 0 Å². The van der Waals surface area contributed by atoms with E-state index in [4.69, 9.17) is 0 Å². The number of hydrogen-bond donors (Lipinski definition) is 2. The summed E-state index contributed by atoms with van der Waals surface area (Å²) in [6, 6.07) is 13.6. The molecule has 3 rings (SSSR count). The summed E-state index contributed by atoms with van der Waals surface area (Å²) in [5.74, 6) is -0.113. The van der Waals surface area contributed by atoms with Crippen molar-refractivity contribution in [1.29, 1.82) is 0 Å². The molecule has 9 heteroatoms. The van der Waals surface area contributed by atoms with Crippen LogP contribution in [0.2, 0.25) is 0 Å². The molecule has 1 aliphatic heterocycles. The minimum Gasteiger partial charge on any atom is -0.337 e. The van der Waals surface area contributed by atoms with E-state index in [1.807, 2.05) is 32.0 Å². The van der Waals surface area contributed by atoms with Crippen molar-refractivity contribution in [1.82, 2.24) is 9.62 Å². The van der Waals surface area contributed by atoms with Gasteiger partial charge in [-0.15, -0.1) is 0 Å². The van der Waals surface area contributed by atoms with Crippen LogP contribution in [-0.4, -0.2) is 50.8 Å². The van der Waals surface area contributed by atoms with E-state index in [1.165, 1.54) is 4.31 Å². The molecule has 0 atom stereocenters. The van der Waals surface area contributed by atoms with Crippen LogP contribution < -0.4 is 15.5 Å². The molecule has 2 aromatic carbocycles. The summed E-state index contributed by atoms with van der Waals surface area (Å²) in [4.78, 5) is 26.5. The first kappa shape index (κ1) is 22.8. The van der Waals surface area contributed by atoms with Gasteiger partial charge < -0.3 is 15.5 Å². The maximum absolute atomic E-state index is 12.7. The number of nitrogens with zero attached hydrogens (tertiary/aromatic N) is 2. The third kappa shape index (κ3) is 5.23. The van der Waals surface area contributed by atoms with Gasteiger partial charge in [-0.1, -0.05) is 32.0 Å². The molecule has 1 heterocycles. The van der Waals surface area contributed by atoms with Crippen LogP contribution in [-0.2, 0) is 21.2 Å². The van der Waals surface area contributed by atoms with Crippen molar-refractivity contribution >= 4 is 33.3 Å². The fourth-order valence-corrected chi connectivity index (χ4v) is 5.13. The number of nitrogens with one attached hydrogen (secondary N) is 2. The normalized spacial score (nSPS) is 13.2. The van der Waals surface area contributed by atoms with Gasteiger partial charge in [-0.2, -0.15) is 4.31 Å². The van der Waals surface area contributed by atoms with E-state index in [0.29, 0.717) is 31.7 Å². The van der Waals surface area contributed by atoms with Crippen molar-refractivity contribution in [2.75, 3.05) is 36.4 Å². The summed E-state index contributed by atoms with van der Waals surface area (Å²) in [6.45, 7) is 5.14. The third-order valence-corrected chi connectivity index (χ3v) is 7.29. The number of sulfonamides is 1. The van der Waals surface area contributed by atoms with E-state index >= 15 is 0 Å². The Labute approximate surface area is 183 Å². The van der Waals surface area contributed by atoms with Gasteiger partial charge in [-0.3, -0.25) is 4.79 Å². The van der Waals surface area contributed by atoms with Gasteiger partial charge in [0, 0.05) is 44.0 Å². The smallest absolute Gasteiger partial charge is 0.319 e. The van der Waals surface area contributed by atoms with Gasteiger partial charge in [-0.05, 0) is 42.3 Å². The summed E-state index contributed by atoms with van der Waals surface area (Å²) in [5.41, 5.74) is 2.25. The first-order valence-electron chi connectivity index (χ1n) is 10.4. The Bertz CT molecular complexity index is 1040. The van der Waals surface area contributed by atoms with Crippen LogP contribution in [0.5, 0.6) is 0 Å². The standard InChI is InChI=1S/C22H28N4O4S/c1-3-25(4-2)31(29,30)19-10-11-20-17(16-19)13-15-26(20)21(27)12-14-23-22(28)24-18-8-6-5-7-9-18/h5-11,16H,3-4,12-15H2,1-2H3,(H2,23,24,28). The zero-order valence-electron chi connectivity index (χ0n) is 17.8. The minimum absolute atomic E-state index is 0.113. The SMILES string of the molecule is CCN(CC)S(=O)(=O)c1ccc2c(c1)CCN2C(=O)CCNC(=O)Nc1ccccc1. The summed E-state index contributed by atoms with van der Waals surface area (Å²) in [7, 11) is -3.53. The number of carbonyl (C=O) groups is 2. The lowest BCUT2D eigenvalue weighted by Gasteiger charge is -2.20. The second kappa shape index (κ2) is 9.93. The molecule has 0 saturated carbocycles. The van der Waals surface area contributed by atoms with E-state index in [9.17, 15) is 18.0 Å². The van der Waals surface area contributed by atoms with Gasteiger partial charge in [0.05, 0.1) is 4.90 Å². The Morgan fingerprint density at radius 1 is 1.06 bits per heavy atom. The summed E-state index contributed by atoms with van der Waals surface area (Å²) in [5, 5.41) is 5.39. The molecular formula is C22H28N4O4S. The van der Waals surface area contributed by atoms with Crippen molar-refractivity contribution in [2.24, 2.45) is 0 Å². The second-order valence-corrected chi connectivity index (χ2v) is 9.11. The van der Waals surface area contributed by atoms with Gasteiger partial charge in [0.25, 0.3) is 0 Å². The van der Waals surface area contributed by atoms with Crippen molar-refractivity contribution in [3.8, 4) is 0 Å². The predicted octanol–water partition coefficient (Wildman–Crippen LogP) is 2.82. The van der Waals surface area contributed by atoms with E-state index < -0.39 is 10.0 Å². The number of para-hydroxylation sites is 1. The molecule has 2 N–H and O–H groups in total. The number of hydrogen-bond acceptors (Lipinski definition) is 4. The fourth-order valence-electron chi connectivity index (χ4n) is 3.62. The minimum atomic E-state index is -3.53. The van der Waals surface area contributed by atoms with E-state index in [2.05, 4.69) is 10.6 Å². The number of amides is 3. The Kier molecular flexibility index (Phi) is 7.29. The first-order valence-corrected chi connectivity index (χ1v) is 11.8. The molecule has 0 aliphatic carbocycles. The highest BCUT2D eigenvalue weighted by atomic mass is 32.2. The largest absolute Gasteiger partial charge is 0.337 e. The topological polar surface area (TPSA) is 98.8 Å². The average molecular weight is 445 g/mol. The number of fused-ring (bicyclic) bond motifs is 1. The lowest BCUT2D eigenvalue weighted by molar-refractivity contribution is -0.118. The number of urea groups is 1.